The number of carbonyl (C=O) groups is 1. The van der Waals surface area contributed by atoms with E-state index in [1.54, 1.807) is 18.5 Å². The summed E-state index contributed by atoms with van der Waals surface area (Å²) in [5, 5.41) is 4.65. The summed E-state index contributed by atoms with van der Waals surface area (Å²) < 4.78 is 11.1. The number of benzene rings is 1. The first-order chi connectivity index (χ1) is 19.9. The molecule has 0 radical (unpaired) electrons. The molecule has 3 fully saturated rings. The van der Waals surface area contributed by atoms with Crippen molar-refractivity contribution < 1.29 is 14.3 Å². The minimum absolute atomic E-state index is 0.138. The predicted octanol–water partition coefficient (Wildman–Crippen LogP) is 5.35. The van der Waals surface area contributed by atoms with Gasteiger partial charge in [-0.3, -0.25) is 9.69 Å². The molecule has 0 bridgehead atoms. The molecule has 3 aliphatic rings. The number of nitrogens with zero attached hydrogens (tertiary/aromatic N) is 5. The monoisotopic (exact) mass is 596 g/mol. The molecule has 3 aromatic rings. The Kier molecular flexibility index (Phi) is 8.57. The van der Waals surface area contributed by atoms with Crippen LogP contribution in [-0.4, -0.2) is 71.2 Å². The van der Waals surface area contributed by atoms with Crippen molar-refractivity contribution in [3.8, 4) is 22.9 Å². The summed E-state index contributed by atoms with van der Waals surface area (Å²) in [6.07, 6.45) is 8.05. The number of piperidine rings is 1. The topological polar surface area (TPSA) is 92.7 Å². The molecule has 11 heteroatoms. The Bertz CT molecular complexity index is 1360. The number of nitrogens with one attached hydrogen (secondary N) is 1. The fourth-order valence-electron chi connectivity index (χ4n) is 6.22. The normalized spacial score (nSPS) is 21.2. The zero-order chi connectivity index (χ0) is 28.3. The average molecular weight is 598 g/mol. The molecule has 6 rings (SSSR count). The highest BCUT2D eigenvalue weighted by atomic mass is 35.5. The van der Waals surface area contributed by atoms with Gasteiger partial charge >= 0.3 is 5.97 Å². The maximum atomic E-state index is 11.7. The molecule has 1 aromatic carbocycles. The number of halogens is 2. The van der Waals surface area contributed by atoms with Gasteiger partial charge in [-0.2, -0.15) is 0 Å². The largest absolute Gasteiger partial charge is 0.469 e. The summed E-state index contributed by atoms with van der Waals surface area (Å²) >= 11 is 12.6. The van der Waals surface area contributed by atoms with Crippen molar-refractivity contribution in [3.05, 3.63) is 58.3 Å². The number of rotatable bonds is 8. The molecule has 3 saturated heterocycles. The van der Waals surface area contributed by atoms with Crippen LogP contribution < -0.4 is 15.0 Å². The number of hydrogen-bond acceptors (Lipinski definition) is 9. The molecule has 2 aromatic heterocycles. The van der Waals surface area contributed by atoms with E-state index in [1.807, 2.05) is 18.2 Å². The van der Waals surface area contributed by atoms with E-state index in [0.717, 1.165) is 81.2 Å². The third-order valence-electron chi connectivity index (χ3n) is 8.30. The van der Waals surface area contributed by atoms with E-state index < -0.39 is 0 Å². The molecule has 9 nitrogen and oxygen atoms in total. The molecule has 0 saturated carbocycles. The second kappa shape index (κ2) is 12.5. The van der Waals surface area contributed by atoms with Crippen molar-refractivity contribution in [2.75, 3.05) is 38.2 Å². The van der Waals surface area contributed by atoms with E-state index in [-0.39, 0.29) is 5.97 Å². The van der Waals surface area contributed by atoms with E-state index in [1.165, 1.54) is 7.11 Å². The highest BCUT2D eigenvalue weighted by molar-refractivity contribution is 6.35. The first kappa shape index (κ1) is 28.2. The lowest BCUT2D eigenvalue weighted by Crippen LogP contribution is -2.35. The van der Waals surface area contributed by atoms with Crippen LogP contribution in [0.1, 0.15) is 37.7 Å². The Morgan fingerprint density at radius 1 is 1.00 bits per heavy atom. The Morgan fingerprint density at radius 3 is 2.49 bits per heavy atom. The number of aromatic nitrogens is 3. The van der Waals surface area contributed by atoms with Crippen molar-refractivity contribution in [1.82, 2.24) is 25.2 Å². The van der Waals surface area contributed by atoms with Gasteiger partial charge in [-0.25, -0.2) is 15.0 Å². The van der Waals surface area contributed by atoms with Crippen LogP contribution in [0.15, 0.2) is 42.7 Å². The van der Waals surface area contributed by atoms with Crippen molar-refractivity contribution in [1.29, 1.82) is 0 Å². The molecule has 1 N–H and O–H groups in total. The van der Waals surface area contributed by atoms with E-state index in [4.69, 9.17) is 37.7 Å². The zero-order valence-corrected chi connectivity index (χ0v) is 24.6. The van der Waals surface area contributed by atoms with E-state index in [9.17, 15) is 4.79 Å². The van der Waals surface area contributed by atoms with Crippen molar-refractivity contribution >= 4 is 35.1 Å². The van der Waals surface area contributed by atoms with E-state index in [0.29, 0.717) is 46.1 Å². The van der Waals surface area contributed by atoms with Crippen LogP contribution in [0.2, 0.25) is 10.0 Å². The van der Waals surface area contributed by atoms with Gasteiger partial charge in [0.2, 0.25) is 11.8 Å². The van der Waals surface area contributed by atoms with Gasteiger partial charge in [-0.1, -0.05) is 23.2 Å². The van der Waals surface area contributed by atoms with Gasteiger partial charge in [-0.15, -0.1) is 0 Å². The fourth-order valence-corrected chi connectivity index (χ4v) is 6.75. The SMILES string of the molecule is COC(=O)CC1CCN(Cc2cc(Oc3cnc(N4CCC5NCCC54)nc3)nc(-c3cc(Cl)cc(Cl)c3)c2)CC1. The van der Waals surface area contributed by atoms with Gasteiger partial charge in [0.05, 0.1) is 25.2 Å². The minimum Gasteiger partial charge on any atom is -0.469 e. The summed E-state index contributed by atoms with van der Waals surface area (Å²) in [5.41, 5.74) is 2.59. The first-order valence-corrected chi connectivity index (χ1v) is 15.0. The van der Waals surface area contributed by atoms with Gasteiger partial charge in [-0.05, 0) is 81.1 Å². The number of fused-ring (bicyclic) bond motifs is 1. The van der Waals surface area contributed by atoms with Crippen LogP contribution in [0.4, 0.5) is 5.95 Å². The number of carbonyl (C=O) groups excluding carboxylic acids is 1. The van der Waals surface area contributed by atoms with Crippen molar-refractivity contribution in [2.45, 2.75) is 50.7 Å². The van der Waals surface area contributed by atoms with Gasteiger partial charge in [0.1, 0.15) is 0 Å². The summed E-state index contributed by atoms with van der Waals surface area (Å²) in [6.45, 7) is 4.54. The summed E-state index contributed by atoms with van der Waals surface area (Å²) in [5.74, 6) is 1.93. The van der Waals surface area contributed by atoms with Crippen LogP contribution in [-0.2, 0) is 16.1 Å². The molecular formula is C30H34Cl2N6O3. The zero-order valence-electron chi connectivity index (χ0n) is 23.1. The van der Waals surface area contributed by atoms with Crippen molar-refractivity contribution in [2.24, 2.45) is 5.92 Å². The Morgan fingerprint density at radius 2 is 1.76 bits per heavy atom. The molecule has 41 heavy (non-hydrogen) atoms. The molecule has 0 amide bonds. The number of hydrogen-bond donors (Lipinski definition) is 1. The molecule has 5 heterocycles. The average Bonchev–Trinajstić information content (AvgIpc) is 3.59. The van der Waals surface area contributed by atoms with Crippen LogP contribution in [0.3, 0.4) is 0 Å². The lowest BCUT2D eigenvalue weighted by atomic mass is 9.93. The summed E-state index contributed by atoms with van der Waals surface area (Å²) in [4.78, 5) is 30.4. The maximum Gasteiger partial charge on any atom is 0.305 e. The second-order valence-corrected chi connectivity index (χ2v) is 11.9. The molecule has 2 atom stereocenters. The standard InChI is InChI=1S/C30H34Cl2N6O3/c1-40-29(39)12-19-3-7-37(8-4-19)18-20-10-26(21-13-22(31)15-23(32)14-21)36-28(11-20)41-24-16-34-30(35-17-24)38-9-5-25-27(38)2-6-33-25/h10-11,13-17,19,25,27,33H,2-9,12,18H2,1H3. The quantitative estimate of drug-likeness (QED) is 0.345. The lowest BCUT2D eigenvalue weighted by molar-refractivity contribution is -0.142. The Balaban J connectivity index is 1.20. The summed E-state index contributed by atoms with van der Waals surface area (Å²) in [6, 6.07) is 10.4. The Labute approximate surface area is 250 Å². The van der Waals surface area contributed by atoms with Crippen molar-refractivity contribution in [3.63, 3.8) is 0 Å². The molecule has 3 aliphatic heterocycles. The van der Waals surface area contributed by atoms with E-state index >= 15 is 0 Å². The number of methoxy groups -OCH3 is 1. The number of ether oxygens (including phenoxy) is 2. The van der Waals surface area contributed by atoms with Gasteiger partial charge in [0.15, 0.2) is 5.75 Å². The first-order valence-electron chi connectivity index (χ1n) is 14.2. The number of anilines is 1. The Hall–Kier alpha value is -2.98. The maximum absolute atomic E-state index is 11.7. The molecule has 216 valence electrons. The molecule has 2 unspecified atom stereocenters. The molecule has 0 aliphatic carbocycles. The fraction of sp³-hybridized carbons (Fsp3) is 0.467. The predicted molar refractivity (Wildman–Crippen MR) is 159 cm³/mol. The van der Waals surface area contributed by atoms with Crippen LogP contribution in [0, 0.1) is 5.92 Å². The van der Waals surface area contributed by atoms with Gasteiger partial charge in [0, 0.05) is 53.3 Å². The smallest absolute Gasteiger partial charge is 0.305 e. The highest BCUT2D eigenvalue weighted by Crippen LogP contribution is 2.32. The molecule has 0 spiro atoms. The van der Waals surface area contributed by atoms with Crippen LogP contribution in [0.5, 0.6) is 11.6 Å². The van der Waals surface area contributed by atoms with Crippen LogP contribution in [0.25, 0.3) is 11.3 Å². The number of pyridine rings is 1. The third kappa shape index (κ3) is 6.75. The van der Waals surface area contributed by atoms with Gasteiger partial charge < -0.3 is 19.7 Å². The van der Waals surface area contributed by atoms with E-state index in [2.05, 4.69) is 31.2 Å². The van der Waals surface area contributed by atoms with Crippen LogP contribution >= 0.6 is 23.2 Å². The minimum atomic E-state index is -0.138. The van der Waals surface area contributed by atoms with Gasteiger partial charge in [0.25, 0.3) is 0 Å². The molecular weight excluding hydrogens is 563 g/mol. The second-order valence-electron chi connectivity index (χ2n) is 11.1. The number of likely N-dealkylation sites (tertiary alicyclic amines) is 1. The highest BCUT2D eigenvalue weighted by Gasteiger charge is 2.38. The lowest BCUT2D eigenvalue weighted by Gasteiger charge is -2.31. The third-order valence-corrected chi connectivity index (χ3v) is 8.74. The number of esters is 1. The summed E-state index contributed by atoms with van der Waals surface area (Å²) in [7, 11) is 1.45.